The molecule has 0 heterocycles. The van der Waals surface area contributed by atoms with Crippen LogP contribution in [-0.4, -0.2) is 88.0 Å². The molecule has 0 fully saturated rings. The van der Waals surface area contributed by atoms with Gasteiger partial charge in [0.2, 0.25) is 0 Å². The molecular formula is C34H73KO3. The van der Waals surface area contributed by atoms with Gasteiger partial charge in [-0.1, -0.05) is 181 Å². The summed E-state index contributed by atoms with van der Waals surface area (Å²) in [4.78, 5) is 0. The van der Waals surface area contributed by atoms with Gasteiger partial charge in [0.25, 0.3) is 0 Å². The third kappa shape index (κ3) is 47.3. The van der Waals surface area contributed by atoms with E-state index in [9.17, 15) is 0 Å². The summed E-state index contributed by atoms with van der Waals surface area (Å²) in [6.07, 6.45) is 40.1. The van der Waals surface area contributed by atoms with Gasteiger partial charge in [-0.05, 0) is 12.8 Å². The van der Waals surface area contributed by atoms with Crippen LogP contribution >= 0.6 is 0 Å². The van der Waals surface area contributed by atoms with Crippen molar-refractivity contribution in [2.75, 3.05) is 26.4 Å². The Morgan fingerprint density at radius 2 is 0.500 bits per heavy atom. The van der Waals surface area contributed by atoms with Crippen molar-refractivity contribution >= 4 is 51.4 Å². The first-order valence-corrected chi connectivity index (χ1v) is 17.1. The predicted octanol–water partition coefficient (Wildman–Crippen LogP) is 10.3. The molecule has 2 N–H and O–H groups in total. The van der Waals surface area contributed by atoms with Crippen molar-refractivity contribution in [2.45, 2.75) is 194 Å². The zero-order chi connectivity index (χ0) is 27.3. The van der Waals surface area contributed by atoms with Gasteiger partial charge in [-0.15, -0.1) is 0 Å². The number of hydrogen-bond donors (Lipinski definition) is 2. The minimum absolute atomic E-state index is 0. The summed E-state index contributed by atoms with van der Waals surface area (Å²) in [5.41, 5.74) is 0. The second-order valence-electron chi connectivity index (χ2n) is 11.3. The number of rotatable bonds is 31. The maximum absolute atomic E-state index is 7.62. The molecule has 0 radical (unpaired) electrons. The van der Waals surface area contributed by atoms with Crippen molar-refractivity contribution in [3.05, 3.63) is 0 Å². The first-order chi connectivity index (χ1) is 18.3. The molecule has 0 aliphatic heterocycles. The van der Waals surface area contributed by atoms with Crippen molar-refractivity contribution < 1.29 is 14.9 Å². The number of aliphatic hydroxyl groups excluding tert-OH is 2. The third-order valence-electron chi connectivity index (χ3n) is 7.38. The predicted molar refractivity (Wildman–Crippen MR) is 173 cm³/mol. The Kier molecular flexibility index (Phi) is 52.6. The van der Waals surface area contributed by atoms with E-state index in [1.807, 2.05) is 0 Å². The van der Waals surface area contributed by atoms with Crippen LogP contribution < -0.4 is 0 Å². The average molecular weight is 569 g/mol. The Morgan fingerprint density at radius 3 is 0.684 bits per heavy atom. The van der Waals surface area contributed by atoms with E-state index in [2.05, 4.69) is 13.8 Å². The monoisotopic (exact) mass is 569 g/mol. The van der Waals surface area contributed by atoms with Gasteiger partial charge in [-0.3, -0.25) is 0 Å². The van der Waals surface area contributed by atoms with Crippen LogP contribution in [0.1, 0.15) is 194 Å². The molecule has 3 nitrogen and oxygen atoms in total. The summed E-state index contributed by atoms with van der Waals surface area (Å²) in [5, 5.41) is 15.2. The zero-order valence-corrected chi connectivity index (χ0v) is 25.9. The molecule has 0 aromatic heterocycles. The maximum atomic E-state index is 7.62. The normalized spacial score (nSPS) is 10.7. The fourth-order valence-corrected chi connectivity index (χ4v) is 4.90. The molecule has 4 heteroatoms. The van der Waals surface area contributed by atoms with E-state index in [4.69, 9.17) is 14.9 Å². The van der Waals surface area contributed by atoms with Gasteiger partial charge in [0.05, 0.1) is 13.2 Å². The van der Waals surface area contributed by atoms with E-state index < -0.39 is 0 Å². The SMILES string of the molecule is CCCCCCCCCCCCCCCCOCCCCCCCCCCCCCCCC.OCCO.[KH]. The van der Waals surface area contributed by atoms with Crippen LogP contribution in [0.5, 0.6) is 0 Å². The molecule has 0 amide bonds. The summed E-state index contributed by atoms with van der Waals surface area (Å²) < 4.78 is 5.85. The second-order valence-corrected chi connectivity index (χ2v) is 11.3. The van der Waals surface area contributed by atoms with E-state index >= 15 is 0 Å². The molecular weight excluding hydrogens is 495 g/mol. The standard InChI is InChI=1S/C32H66O.C2H6O2.K.H/c1-3-5-7-9-11-13-15-17-19-21-23-25-27-29-31-33-32-30-28-26-24-22-20-18-16-14-12-10-8-6-4-2;3-1-2-4;;/h3-32H2,1-2H3;3-4H,1-2H2;;. The van der Waals surface area contributed by atoms with Crippen LogP contribution in [0.2, 0.25) is 0 Å². The van der Waals surface area contributed by atoms with Crippen molar-refractivity contribution in [2.24, 2.45) is 0 Å². The molecule has 0 aliphatic rings. The fourth-order valence-electron chi connectivity index (χ4n) is 4.90. The van der Waals surface area contributed by atoms with Gasteiger partial charge in [-0.2, -0.15) is 0 Å². The Balaban J connectivity index is -0.00000227. The van der Waals surface area contributed by atoms with Crippen molar-refractivity contribution in [1.29, 1.82) is 0 Å². The Labute approximate surface area is 283 Å². The van der Waals surface area contributed by atoms with Crippen LogP contribution in [0.25, 0.3) is 0 Å². The Bertz CT molecular complexity index is 323. The van der Waals surface area contributed by atoms with Crippen LogP contribution in [0, 0.1) is 0 Å². The van der Waals surface area contributed by atoms with Crippen LogP contribution in [-0.2, 0) is 4.74 Å². The van der Waals surface area contributed by atoms with Crippen LogP contribution in [0.4, 0.5) is 0 Å². The molecule has 0 saturated heterocycles. The first-order valence-electron chi connectivity index (χ1n) is 17.1. The van der Waals surface area contributed by atoms with Gasteiger partial charge < -0.3 is 14.9 Å². The zero-order valence-electron chi connectivity index (χ0n) is 25.9. The number of hydrogen-bond acceptors (Lipinski definition) is 3. The summed E-state index contributed by atoms with van der Waals surface area (Å²) in [5.74, 6) is 0. The molecule has 0 aromatic carbocycles. The Morgan fingerprint density at radius 1 is 0.316 bits per heavy atom. The van der Waals surface area contributed by atoms with Crippen LogP contribution in [0.3, 0.4) is 0 Å². The summed E-state index contributed by atoms with van der Waals surface area (Å²) in [6, 6.07) is 0. The molecule has 0 unspecified atom stereocenters. The quantitative estimate of drug-likeness (QED) is 0.0646. The van der Waals surface area contributed by atoms with E-state index in [-0.39, 0.29) is 64.6 Å². The van der Waals surface area contributed by atoms with Crippen molar-refractivity contribution in [1.82, 2.24) is 0 Å². The summed E-state index contributed by atoms with van der Waals surface area (Å²) in [6.45, 7) is 6.34. The molecule has 0 rings (SSSR count). The molecule has 0 aliphatic carbocycles. The average Bonchev–Trinajstić information content (AvgIpc) is 2.92. The van der Waals surface area contributed by atoms with Gasteiger partial charge >= 0.3 is 51.4 Å². The van der Waals surface area contributed by atoms with E-state index in [1.54, 1.807) is 0 Å². The van der Waals surface area contributed by atoms with Gasteiger partial charge in [-0.25, -0.2) is 0 Å². The summed E-state index contributed by atoms with van der Waals surface area (Å²) >= 11 is 0. The number of unbranched alkanes of at least 4 members (excludes halogenated alkanes) is 26. The van der Waals surface area contributed by atoms with E-state index in [1.165, 1.54) is 180 Å². The molecule has 0 aromatic rings. The van der Waals surface area contributed by atoms with Crippen LogP contribution in [0.15, 0.2) is 0 Å². The van der Waals surface area contributed by atoms with Crippen molar-refractivity contribution in [3.63, 3.8) is 0 Å². The van der Waals surface area contributed by atoms with E-state index in [0.29, 0.717) is 0 Å². The van der Waals surface area contributed by atoms with Gasteiger partial charge in [0, 0.05) is 13.2 Å². The third-order valence-corrected chi connectivity index (χ3v) is 7.38. The molecule has 38 heavy (non-hydrogen) atoms. The minimum atomic E-state index is -0.125. The number of aliphatic hydroxyl groups is 2. The molecule has 228 valence electrons. The topological polar surface area (TPSA) is 49.7 Å². The Hall–Kier alpha value is 1.52. The van der Waals surface area contributed by atoms with Crippen molar-refractivity contribution in [3.8, 4) is 0 Å². The molecule has 0 atom stereocenters. The summed E-state index contributed by atoms with van der Waals surface area (Å²) in [7, 11) is 0. The van der Waals surface area contributed by atoms with Gasteiger partial charge in [0.1, 0.15) is 0 Å². The number of ether oxygens (including phenoxy) is 1. The molecule has 0 bridgehead atoms. The molecule has 0 saturated carbocycles. The van der Waals surface area contributed by atoms with E-state index in [0.717, 1.165) is 13.2 Å². The fraction of sp³-hybridized carbons (Fsp3) is 1.00. The van der Waals surface area contributed by atoms with Gasteiger partial charge in [0.15, 0.2) is 0 Å². The second kappa shape index (κ2) is 45.5. The molecule has 0 spiro atoms. The first kappa shape index (κ1) is 44.0.